The van der Waals surface area contributed by atoms with Gasteiger partial charge in [0, 0.05) is 30.3 Å². The van der Waals surface area contributed by atoms with Gasteiger partial charge in [-0.15, -0.1) is 0 Å². The first-order chi connectivity index (χ1) is 15.0. The maximum Gasteiger partial charge on any atom is 0.270 e. The molecule has 4 N–H and O–H groups in total. The number of imidazole rings is 1. The first kappa shape index (κ1) is 23.2. The molecule has 1 atom stereocenters. The standard InChI is InChI=1S/C21H29N7O4/c1-6-16(21(4,5)30)24-20-25-18(17-19(26-20)27(11-23-17)12(2)3)22-10-13-9-14(28(31)32)7-8-15(13)29/h7-9,11-12,16,29-30H,6,10H2,1-5H3,(H2,22,24,25,26). The lowest BCUT2D eigenvalue weighted by Gasteiger charge is -2.29. The van der Waals surface area contributed by atoms with Crippen LogP contribution in [0.25, 0.3) is 11.2 Å². The summed E-state index contributed by atoms with van der Waals surface area (Å²) in [4.78, 5) is 24.2. The Labute approximate surface area is 185 Å². The fourth-order valence-electron chi connectivity index (χ4n) is 3.42. The van der Waals surface area contributed by atoms with Gasteiger partial charge < -0.3 is 25.4 Å². The van der Waals surface area contributed by atoms with Crippen LogP contribution in [0.15, 0.2) is 24.5 Å². The Bertz CT molecular complexity index is 1120. The van der Waals surface area contributed by atoms with Crippen LogP contribution in [0.1, 0.15) is 52.6 Å². The SMILES string of the molecule is CCC(Nc1nc(NCc2cc([N+](=O)[O-])ccc2O)c2ncn(C(C)C)c2n1)C(C)(C)O. The number of nitro groups is 1. The molecule has 1 unspecified atom stereocenters. The lowest BCUT2D eigenvalue weighted by molar-refractivity contribution is -0.384. The van der Waals surface area contributed by atoms with Gasteiger partial charge >= 0.3 is 0 Å². The minimum atomic E-state index is -0.992. The van der Waals surface area contributed by atoms with E-state index in [1.807, 2.05) is 25.3 Å². The second kappa shape index (κ2) is 8.95. The summed E-state index contributed by atoms with van der Waals surface area (Å²) in [6.07, 6.45) is 2.33. The molecule has 32 heavy (non-hydrogen) atoms. The number of aliphatic hydroxyl groups is 1. The molecule has 0 saturated carbocycles. The first-order valence-electron chi connectivity index (χ1n) is 10.4. The van der Waals surface area contributed by atoms with Crippen molar-refractivity contribution in [1.82, 2.24) is 19.5 Å². The summed E-state index contributed by atoms with van der Waals surface area (Å²) in [6, 6.07) is 3.67. The van der Waals surface area contributed by atoms with E-state index in [0.717, 1.165) is 0 Å². The van der Waals surface area contributed by atoms with Crippen LogP contribution in [-0.2, 0) is 6.54 Å². The van der Waals surface area contributed by atoms with E-state index in [4.69, 9.17) is 0 Å². The summed E-state index contributed by atoms with van der Waals surface area (Å²) in [5, 5.41) is 38.0. The zero-order chi connectivity index (χ0) is 23.6. The third-order valence-corrected chi connectivity index (χ3v) is 5.26. The van der Waals surface area contributed by atoms with Crippen molar-refractivity contribution in [3.63, 3.8) is 0 Å². The number of nitrogens with zero attached hydrogens (tertiary/aromatic N) is 5. The second-order valence-corrected chi connectivity index (χ2v) is 8.50. The third kappa shape index (κ3) is 4.88. The van der Waals surface area contributed by atoms with E-state index in [2.05, 4.69) is 25.6 Å². The topological polar surface area (TPSA) is 151 Å². The van der Waals surface area contributed by atoms with Gasteiger partial charge in [-0.25, -0.2) is 4.98 Å². The summed E-state index contributed by atoms with van der Waals surface area (Å²) < 4.78 is 1.91. The van der Waals surface area contributed by atoms with Gasteiger partial charge in [0.15, 0.2) is 17.0 Å². The number of non-ortho nitro benzene ring substituents is 1. The van der Waals surface area contributed by atoms with Crippen LogP contribution in [0, 0.1) is 10.1 Å². The van der Waals surface area contributed by atoms with Crippen molar-refractivity contribution in [2.75, 3.05) is 10.6 Å². The van der Waals surface area contributed by atoms with E-state index in [-0.39, 0.29) is 30.1 Å². The number of benzene rings is 1. The molecule has 2 heterocycles. The number of nitro benzene ring substituents is 1. The van der Waals surface area contributed by atoms with Crippen LogP contribution in [0.4, 0.5) is 17.5 Å². The normalized spacial score (nSPS) is 12.8. The summed E-state index contributed by atoms with van der Waals surface area (Å²) in [5.74, 6) is 0.667. The highest BCUT2D eigenvalue weighted by Crippen LogP contribution is 2.27. The van der Waals surface area contributed by atoms with E-state index in [9.17, 15) is 20.3 Å². The predicted octanol–water partition coefficient (Wildman–Crippen LogP) is 3.59. The molecular formula is C21H29N7O4. The molecule has 1 aromatic carbocycles. The largest absolute Gasteiger partial charge is 0.508 e. The lowest BCUT2D eigenvalue weighted by atomic mass is 9.97. The number of aromatic nitrogens is 4. The molecule has 0 amide bonds. The smallest absolute Gasteiger partial charge is 0.270 e. The van der Waals surface area contributed by atoms with Gasteiger partial charge in [-0.3, -0.25) is 10.1 Å². The second-order valence-electron chi connectivity index (χ2n) is 8.50. The first-order valence-corrected chi connectivity index (χ1v) is 10.4. The fraction of sp³-hybridized carbons (Fsp3) is 0.476. The number of nitrogens with one attached hydrogen (secondary N) is 2. The van der Waals surface area contributed by atoms with Gasteiger partial charge in [-0.1, -0.05) is 6.92 Å². The van der Waals surface area contributed by atoms with Crippen LogP contribution >= 0.6 is 0 Å². The van der Waals surface area contributed by atoms with Crippen molar-refractivity contribution in [2.24, 2.45) is 0 Å². The molecule has 0 aliphatic carbocycles. The number of fused-ring (bicyclic) bond motifs is 1. The van der Waals surface area contributed by atoms with Gasteiger partial charge in [0.2, 0.25) is 5.95 Å². The van der Waals surface area contributed by atoms with E-state index in [1.165, 1.54) is 18.2 Å². The molecule has 11 heteroatoms. The molecule has 0 aliphatic heterocycles. The fourth-order valence-corrected chi connectivity index (χ4v) is 3.42. The molecule has 0 radical (unpaired) electrons. The predicted molar refractivity (Wildman–Crippen MR) is 122 cm³/mol. The Morgan fingerprint density at radius 2 is 2.00 bits per heavy atom. The zero-order valence-electron chi connectivity index (χ0n) is 18.8. The lowest BCUT2D eigenvalue weighted by Crippen LogP contribution is -2.41. The Kier molecular flexibility index (Phi) is 6.49. The van der Waals surface area contributed by atoms with Crippen LogP contribution in [0.5, 0.6) is 5.75 Å². The molecule has 3 rings (SSSR count). The zero-order valence-corrected chi connectivity index (χ0v) is 18.8. The Hall–Kier alpha value is -3.47. The molecule has 0 bridgehead atoms. The molecular weight excluding hydrogens is 414 g/mol. The number of hydrogen-bond acceptors (Lipinski definition) is 9. The van der Waals surface area contributed by atoms with E-state index >= 15 is 0 Å². The Morgan fingerprint density at radius 3 is 2.59 bits per heavy atom. The maximum absolute atomic E-state index is 11.1. The van der Waals surface area contributed by atoms with Crippen LogP contribution in [0.3, 0.4) is 0 Å². The summed E-state index contributed by atoms with van der Waals surface area (Å²) in [5.41, 5.74) is 0.383. The maximum atomic E-state index is 11.1. The average Bonchev–Trinajstić information content (AvgIpc) is 3.14. The van der Waals surface area contributed by atoms with Crippen molar-refractivity contribution in [3.05, 3.63) is 40.2 Å². The highest BCUT2D eigenvalue weighted by molar-refractivity contribution is 5.84. The average molecular weight is 444 g/mol. The van der Waals surface area contributed by atoms with Crippen molar-refractivity contribution in [2.45, 2.75) is 65.3 Å². The molecule has 0 saturated heterocycles. The number of phenolic OH excluding ortho intramolecular Hbond substituents is 1. The van der Waals surface area contributed by atoms with E-state index in [0.29, 0.717) is 34.9 Å². The van der Waals surface area contributed by atoms with Gasteiger partial charge in [0.05, 0.1) is 22.9 Å². The minimum Gasteiger partial charge on any atom is -0.508 e. The number of phenols is 1. The summed E-state index contributed by atoms with van der Waals surface area (Å²) in [7, 11) is 0. The number of anilines is 2. The highest BCUT2D eigenvalue weighted by Gasteiger charge is 2.26. The van der Waals surface area contributed by atoms with Crippen LogP contribution in [0.2, 0.25) is 0 Å². The summed E-state index contributed by atoms with van der Waals surface area (Å²) in [6.45, 7) is 9.50. The van der Waals surface area contributed by atoms with Crippen LogP contribution in [-0.4, -0.2) is 46.3 Å². The van der Waals surface area contributed by atoms with Gasteiger partial charge in [-0.2, -0.15) is 9.97 Å². The monoisotopic (exact) mass is 443 g/mol. The Balaban J connectivity index is 2.00. The van der Waals surface area contributed by atoms with Crippen molar-refractivity contribution in [3.8, 4) is 5.75 Å². The van der Waals surface area contributed by atoms with Crippen molar-refractivity contribution < 1.29 is 15.1 Å². The quantitative estimate of drug-likeness (QED) is 0.287. The minimum absolute atomic E-state index is 0.0625. The van der Waals surface area contributed by atoms with E-state index in [1.54, 1.807) is 20.2 Å². The molecule has 11 nitrogen and oxygen atoms in total. The molecule has 0 fully saturated rings. The van der Waals surface area contributed by atoms with Crippen LogP contribution < -0.4 is 10.6 Å². The Morgan fingerprint density at radius 1 is 1.28 bits per heavy atom. The molecule has 0 spiro atoms. The third-order valence-electron chi connectivity index (χ3n) is 5.26. The molecule has 2 aromatic heterocycles. The van der Waals surface area contributed by atoms with E-state index < -0.39 is 10.5 Å². The van der Waals surface area contributed by atoms with Gasteiger partial charge in [-0.05, 0) is 40.2 Å². The number of rotatable bonds is 9. The van der Waals surface area contributed by atoms with Gasteiger partial charge in [0.1, 0.15) is 5.75 Å². The highest BCUT2D eigenvalue weighted by atomic mass is 16.6. The number of aromatic hydroxyl groups is 1. The van der Waals surface area contributed by atoms with Crippen molar-refractivity contribution in [1.29, 1.82) is 0 Å². The summed E-state index contributed by atoms with van der Waals surface area (Å²) >= 11 is 0. The van der Waals surface area contributed by atoms with Gasteiger partial charge in [0.25, 0.3) is 5.69 Å². The molecule has 0 aliphatic rings. The molecule has 3 aromatic rings. The number of hydrogen-bond donors (Lipinski definition) is 4. The van der Waals surface area contributed by atoms with Crippen molar-refractivity contribution >= 4 is 28.6 Å². The molecule has 172 valence electrons.